The van der Waals surface area contributed by atoms with Crippen LogP contribution in [0.3, 0.4) is 0 Å². The van der Waals surface area contributed by atoms with Crippen molar-refractivity contribution in [3.05, 3.63) is 38.6 Å². The van der Waals surface area contributed by atoms with E-state index >= 15 is 0 Å². The van der Waals surface area contributed by atoms with Gasteiger partial charge in [-0.25, -0.2) is 0 Å². The average Bonchev–Trinajstić information content (AvgIpc) is 2.34. The van der Waals surface area contributed by atoms with Gasteiger partial charge in [0.1, 0.15) is 10.2 Å². The van der Waals surface area contributed by atoms with Crippen LogP contribution in [0.25, 0.3) is 10.9 Å². The van der Waals surface area contributed by atoms with Crippen LogP contribution in [0.2, 0.25) is 0 Å². The maximum absolute atomic E-state index is 11.8. The number of pyridine rings is 1. The zero-order valence-electron chi connectivity index (χ0n) is 10.5. The molecule has 0 aliphatic heterocycles. The molecule has 0 unspecified atom stereocenters. The van der Waals surface area contributed by atoms with Gasteiger partial charge in [-0.3, -0.25) is 4.79 Å². The summed E-state index contributed by atoms with van der Waals surface area (Å²) in [4.78, 5) is 14.7. The Bertz CT molecular complexity index is 619. The van der Waals surface area contributed by atoms with Gasteiger partial charge in [0, 0.05) is 5.39 Å². The molecule has 1 aromatic carbocycles. The molecule has 0 radical (unpaired) electrons. The number of H-pyrrole nitrogens is 1. The van der Waals surface area contributed by atoms with Gasteiger partial charge in [0.15, 0.2) is 0 Å². The van der Waals surface area contributed by atoms with Crippen LogP contribution >= 0.6 is 15.9 Å². The first-order valence-electron chi connectivity index (χ1n) is 6.08. The van der Waals surface area contributed by atoms with Gasteiger partial charge in [-0.2, -0.15) is 0 Å². The normalized spacial score (nSPS) is 10.8. The Morgan fingerprint density at radius 1 is 1.39 bits per heavy atom. The molecule has 0 saturated carbocycles. The third-order valence-electron chi connectivity index (χ3n) is 2.81. The standard InChI is InChI=1S/C14H16BrNO2/c1-3-4-7-18-13-10-6-5-9(2)8-11(10)16-14(17)12(13)15/h5-6,8H,3-4,7H2,1-2H3,(H,16,17). The molecule has 2 aromatic rings. The lowest BCUT2D eigenvalue weighted by Crippen LogP contribution is -2.10. The van der Waals surface area contributed by atoms with Crippen molar-refractivity contribution in [1.82, 2.24) is 4.98 Å². The van der Waals surface area contributed by atoms with Crippen LogP contribution in [-0.4, -0.2) is 11.6 Å². The number of hydrogen-bond donors (Lipinski definition) is 1. The monoisotopic (exact) mass is 309 g/mol. The van der Waals surface area contributed by atoms with Gasteiger partial charge in [0.25, 0.3) is 5.56 Å². The van der Waals surface area contributed by atoms with Crippen LogP contribution in [0, 0.1) is 6.92 Å². The Labute approximate surface area is 114 Å². The van der Waals surface area contributed by atoms with E-state index in [2.05, 4.69) is 27.8 Å². The van der Waals surface area contributed by atoms with E-state index in [4.69, 9.17) is 4.74 Å². The van der Waals surface area contributed by atoms with Crippen molar-refractivity contribution in [1.29, 1.82) is 0 Å². The zero-order valence-corrected chi connectivity index (χ0v) is 12.1. The van der Waals surface area contributed by atoms with Crippen molar-refractivity contribution in [3.63, 3.8) is 0 Å². The highest BCUT2D eigenvalue weighted by atomic mass is 79.9. The minimum Gasteiger partial charge on any atom is -0.491 e. The predicted octanol–water partition coefficient (Wildman–Crippen LogP) is 3.78. The van der Waals surface area contributed by atoms with Gasteiger partial charge in [-0.15, -0.1) is 0 Å². The summed E-state index contributed by atoms with van der Waals surface area (Å²) in [5.41, 5.74) is 1.77. The summed E-state index contributed by atoms with van der Waals surface area (Å²) in [5.74, 6) is 0.641. The molecule has 4 heteroatoms. The van der Waals surface area contributed by atoms with Crippen molar-refractivity contribution in [2.45, 2.75) is 26.7 Å². The lowest BCUT2D eigenvalue weighted by molar-refractivity contribution is 0.310. The number of hydrogen-bond acceptors (Lipinski definition) is 2. The molecule has 1 aromatic heterocycles. The molecule has 0 aliphatic rings. The first-order chi connectivity index (χ1) is 8.63. The molecule has 0 bridgehead atoms. The zero-order chi connectivity index (χ0) is 13.1. The quantitative estimate of drug-likeness (QED) is 0.873. The van der Waals surface area contributed by atoms with Crippen LogP contribution in [0.4, 0.5) is 0 Å². The van der Waals surface area contributed by atoms with Crippen LogP contribution in [0.5, 0.6) is 5.75 Å². The fraction of sp³-hybridized carbons (Fsp3) is 0.357. The number of unbranched alkanes of at least 4 members (excludes halogenated alkanes) is 1. The van der Waals surface area contributed by atoms with Crippen molar-refractivity contribution in [2.24, 2.45) is 0 Å². The Hall–Kier alpha value is -1.29. The highest BCUT2D eigenvalue weighted by Gasteiger charge is 2.11. The summed E-state index contributed by atoms with van der Waals surface area (Å²) in [6, 6.07) is 5.95. The molecule has 0 aliphatic carbocycles. The van der Waals surface area contributed by atoms with E-state index in [1.807, 2.05) is 25.1 Å². The Morgan fingerprint density at radius 2 is 2.17 bits per heavy atom. The molecule has 0 saturated heterocycles. The summed E-state index contributed by atoms with van der Waals surface area (Å²) in [5, 5.41) is 0.933. The Balaban J connectivity index is 2.54. The minimum absolute atomic E-state index is 0.153. The summed E-state index contributed by atoms with van der Waals surface area (Å²) in [7, 11) is 0. The van der Waals surface area contributed by atoms with E-state index < -0.39 is 0 Å². The molecule has 1 N–H and O–H groups in total. The van der Waals surface area contributed by atoms with Gasteiger partial charge < -0.3 is 9.72 Å². The first kappa shape index (κ1) is 13.1. The molecule has 0 spiro atoms. The third-order valence-corrected chi connectivity index (χ3v) is 3.53. The van der Waals surface area contributed by atoms with E-state index in [1.54, 1.807) is 0 Å². The first-order valence-corrected chi connectivity index (χ1v) is 6.87. The van der Waals surface area contributed by atoms with Crippen LogP contribution in [-0.2, 0) is 0 Å². The van der Waals surface area contributed by atoms with E-state index in [9.17, 15) is 4.79 Å². The second-order valence-electron chi connectivity index (χ2n) is 4.35. The molecule has 3 nitrogen and oxygen atoms in total. The molecule has 18 heavy (non-hydrogen) atoms. The highest BCUT2D eigenvalue weighted by Crippen LogP contribution is 2.30. The van der Waals surface area contributed by atoms with Crippen molar-refractivity contribution < 1.29 is 4.74 Å². The van der Waals surface area contributed by atoms with Gasteiger partial charge in [-0.05, 0) is 47.0 Å². The Kier molecular flexibility index (Phi) is 4.07. The predicted molar refractivity (Wildman–Crippen MR) is 77.4 cm³/mol. The average molecular weight is 310 g/mol. The number of nitrogens with one attached hydrogen (secondary N) is 1. The minimum atomic E-state index is -0.153. The topological polar surface area (TPSA) is 42.1 Å². The number of rotatable bonds is 4. The van der Waals surface area contributed by atoms with Crippen LogP contribution < -0.4 is 10.3 Å². The molecule has 96 valence electrons. The van der Waals surface area contributed by atoms with Gasteiger partial charge >= 0.3 is 0 Å². The van der Waals surface area contributed by atoms with E-state index in [0.29, 0.717) is 16.8 Å². The molecular formula is C14H16BrNO2. The fourth-order valence-corrected chi connectivity index (χ4v) is 2.24. The summed E-state index contributed by atoms with van der Waals surface area (Å²) < 4.78 is 6.21. The summed E-state index contributed by atoms with van der Waals surface area (Å²) in [6.07, 6.45) is 2.05. The second-order valence-corrected chi connectivity index (χ2v) is 5.14. The highest BCUT2D eigenvalue weighted by molar-refractivity contribution is 9.10. The third kappa shape index (κ3) is 2.58. The largest absolute Gasteiger partial charge is 0.491 e. The van der Waals surface area contributed by atoms with Crippen LogP contribution in [0.1, 0.15) is 25.3 Å². The maximum Gasteiger partial charge on any atom is 0.266 e. The van der Waals surface area contributed by atoms with Crippen molar-refractivity contribution >= 4 is 26.8 Å². The van der Waals surface area contributed by atoms with E-state index in [0.717, 1.165) is 29.3 Å². The number of aromatic amines is 1. The van der Waals surface area contributed by atoms with Gasteiger partial charge in [0.2, 0.25) is 0 Å². The van der Waals surface area contributed by atoms with Crippen molar-refractivity contribution in [3.8, 4) is 5.75 Å². The number of benzene rings is 1. The molecule has 0 fully saturated rings. The summed E-state index contributed by atoms with van der Waals surface area (Å²) in [6.45, 7) is 4.73. The second kappa shape index (κ2) is 5.57. The number of aromatic nitrogens is 1. The molecule has 2 rings (SSSR count). The summed E-state index contributed by atoms with van der Waals surface area (Å²) >= 11 is 3.30. The number of ether oxygens (including phenoxy) is 1. The maximum atomic E-state index is 11.8. The fourth-order valence-electron chi connectivity index (χ4n) is 1.82. The molecule has 0 atom stereocenters. The van der Waals surface area contributed by atoms with Gasteiger partial charge in [-0.1, -0.05) is 19.4 Å². The molecule has 1 heterocycles. The van der Waals surface area contributed by atoms with Crippen LogP contribution in [0.15, 0.2) is 27.5 Å². The number of halogens is 1. The Morgan fingerprint density at radius 3 is 2.89 bits per heavy atom. The molecule has 0 amide bonds. The lowest BCUT2D eigenvalue weighted by Gasteiger charge is -2.11. The SMILES string of the molecule is CCCCOc1c(Br)c(=O)[nH]c2cc(C)ccc12. The lowest BCUT2D eigenvalue weighted by atomic mass is 10.1. The number of aryl methyl sites for hydroxylation is 1. The number of fused-ring (bicyclic) bond motifs is 1. The van der Waals surface area contributed by atoms with Crippen molar-refractivity contribution in [2.75, 3.05) is 6.61 Å². The van der Waals surface area contributed by atoms with E-state index in [-0.39, 0.29) is 5.56 Å². The molecular weight excluding hydrogens is 294 g/mol. The smallest absolute Gasteiger partial charge is 0.266 e. The van der Waals surface area contributed by atoms with Gasteiger partial charge in [0.05, 0.1) is 12.1 Å². The van der Waals surface area contributed by atoms with E-state index in [1.165, 1.54) is 0 Å².